The van der Waals surface area contributed by atoms with E-state index in [1.807, 2.05) is 10.9 Å². The maximum atomic E-state index is 11.2. The summed E-state index contributed by atoms with van der Waals surface area (Å²) in [6.45, 7) is 2.22. The van der Waals surface area contributed by atoms with Crippen LogP contribution in [0, 0.1) is 11.8 Å². The molecule has 0 aromatic carbocycles. The largest absolute Gasteiger partial charge is 0.343 e. The summed E-state index contributed by atoms with van der Waals surface area (Å²) in [5, 5.41) is 10.5. The van der Waals surface area contributed by atoms with E-state index in [-0.39, 0.29) is 11.4 Å². The number of amides is 1. The zero-order valence-electron chi connectivity index (χ0n) is 8.53. The number of nitrogens with zero attached hydrogens (tertiary/aromatic N) is 3. The molecular formula is C10H12N4O. The fraction of sp³-hybridized carbons (Fsp3) is 0.500. The lowest BCUT2D eigenvalue weighted by Gasteiger charge is -2.14. The molecular weight excluding hydrogens is 192 g/mol. The number of hydrogen-bond acceptors (Lipinski definition) is 3. The summed E-state index contributed by atoms with van der Waals surface area (Å²) in [6, 6.07) is 0. The van der Waals surface area contributed by atoms with E-state index in [9.17, 15) is 4.79 Å². The van der Waals surface area contributed by atoms with E-state index in [1.165, 1.54) is 0 Å². The fourth-order valence-corrected chi connectivity index (χ4v) is 1.49. The van der Waals surface area contributed by atoms with Gasteiger partial charge < -0.3 is 5.32 Å². The van der Waals surface area contributed by atoms with Gasteiger partial charge in [0.05, 0.1) is 11.7 Å². The molecule has 1 heterocycles. The van der Waals surface area contributed by atoms with Gasteiger partial charge in [0.2, 0.25) is 0 Å². The number of rotatable bonds is 3. The van der Waals surface area contributed by atoms with Gasteiger partial charge in [0.15, 0.2) is 0 Å². The lowest BCUT2D eigenvalue weighted by molar-refractivity contribution is -0.115. The number of nitrogens with one attached hydrogen (secondary N) is 1. The molecule has 0 radical (unpaired) electrons. The molecule has 15 heavy (non-hydrogen) atoms. The third-order valence-corrected chi connectivity index (χ3v) is 2.55. The van der Waals surface area contributed by atoms with Crippen LogP contribution in [0.5, 0.6) is 0 Å². The molecule has 0 bridgehead atoms. The van der Waals surface area contributed by atoms with Crippen LogP contribution in [0.25, 0.3) is 0 Å². The average molecular weight is 204 g/mol. The molecule has 1 aromatic rings. The van der Waals surface area contributed by atoms with Gasteiger partial charge in [-0.15, -0.1) is 5.10 Å². The molecule has 5 nitrogen and oxygen atoms in total. The number of hydrogen-bond donors (Lipinski definition) is 1. The van der Waals surface area contributed by atoms with Crippen LogP contribution in [0.3, 0.4) is 0 Å². The minimum Gasteiger partial charge on any atom is -0.343 e. The molecule has 1 amide bonds. The van der Waals surface area contributed by atoms with E-state index < -0.39 is 0 Å². The molecule has 0 atom stereocenters. The van der Waals surface area contributed by atoms with Crippen LogP contribution in [0.1, 0.15) is 19.8 Å². The quantitative estimate of drug-likeness (QED) is 0.700. The molecule has 0 spiro atoms. The van der Waals surface area contributed by atoms with E-state index in [0.29, 0.717) is 6.54 Å². The predicted molar refractivity (Wildman–Crippen MR) is 53.7 cm³/mol. The van der Waals surface area contributed by atoms with Crippen molar-refractivity contribution in [3.8, 4) is 11.8 Å². The molecule has 1 aliphatic carbocycles. The Morgan fingerprint density at radius 1 is 1.67 bits per heavy atom. The second-order valence-corrected chi connectivity index (χ2v) is 3.63. The van der Waals surface area contributed by atoms with Crippen LogP contribution in [0.15, 0.2) is 12.4 Å². The Labute approximate surface area is 87.9 Å². The molecule has 1 aliphatic rings. The van der Waals surface area contributed by atoms with Crippen molar-refractivity contribution in [2.75, 3.05) is 6.54 Å². The van der Waals surface area contributed by atoms with Crippen LogP contribution in [0.2, 0.25) is 0 Å². The molecule has 1 saturated carbocycles. The van der Waals surface area contributed by atoms with Gasteiger partial charge in [0, 0.05) is 12.7 Å². The van der Waals surface area contributed by atoms with Gasteiger partial charge in [-0.3, -0.25) is 4.79 Å². The second kappa shape index (κ2) is 3.73. The molecule has 1 N–H and O–H groups in total. The molecule has 5 heteroatoms. The SMILES string of the molecule is CC#CC(=O)NCC1(n2ccnn2)CC1. The highest BCUT2D eigenvalue weighted by Gasteiger charge is 2.45. The topological polar surface area (TPSA) is 59.8 Å². The number of carbonyl (C=O) groups is 1. The van der Waals surface area contributed by atoms with Crippen molar-refractivity contribution in [3.05, 3.63) is 12.4 Å². The molecule has 0 unspecified atom stereocenters. The van der Waals surface area contributed by atoms with Crippen molar-refractivity contribution in [2.45, 2.75) is 25.3 Å². The number of carbonyl (C=O) groups excluding carboxylic acids is 1. The minimum absolute atomic E-state index is 0.0540. The van der Waals surface area contributed by atoms with Crippen molar-refractivity contribution in [1.29, 1.82) is 0 Å². The summed E-state index contributed by atoms with van der Waals surface area (Å²) in [5.74, 6) is 4.78. The third-order valence-electron chi connectivity index (χ3n) is 2.55. The fourth-order valence-electron chi connectivity index (χ4n) is 1.49. The highest BCUT2D eigenvalue weighted by molar-refractivity contribution is 5.93. The van der Waals surface area contributed by atoms with Crippen molar-refractivity contribution >= 4 is 5.91 Å². The van der Waals surface area contributed by atoms with Crippen molar-refractivity contribution in [1.82, 2.24) is 20.3 Å². The maximum absolute atomic E-state index is 11.2. The Balaban J connectivity index is 1.94. The smallest absolute Gasteiger partial charge is 0.295 e. The Bertz CT molecular complexity index is 408. The second-order valence-electron chi connectivity index (χ2n) is 3.63. The minimum atomic E-state index is -0.233. The predicted octanol–water partition coefficient (Wildman–Crippen LogP) is -0.0933. The van der Waals surface area contributed by atoms with E-state index in [1.54, 1.807) is 13.1 Å². The van der Waals surface area contributed by atoms with Crippen LogP contribution in [0.4, 0.5) is 0 Å². The van der Waals surface area contributed by atoms with Crippen LogP contribution in [-0.4, -0.2) is 27.4 Å². The highest BCUT2D eigenvalue weighted by atomic mass is 16.1. The summed E-state index contributed by atoms with van der Waals surface area (Å²) in [5.41, 5.74) is -0.0540. The first-order valence-electron chi connectivity index (χ1n) is 4.84. The zero-order chi connectivity index (χ0) is 10.7. The average Bonchev–Trinajstić information content (AvgIpc) is 2.81. The van der Waals surface area contributed by atoms with Crippen LogP contribution in [-0.2, 0) is 10.3 Å². The third kappa shape index (κ3) is 1.99. The van der Waals surface area contributed by atoms with Gasteiger partial charge in [0.1, 0.15) is 0 Å². The van der Waals surface area contributed by atoms with E-state index >= 15 is 0 Å². The molecule has 0 aliphatic heterocycles. The van der Waals surface area contributed by atoms with Crippen LogP contribution >= 0.6 is 0 Å². The Morgan fingerprint density at radius 2 is 2.47 bits per heavy atom. The first-order chi connectivity index (χ1) is 7.27. The normalized spacial score (nSPS) is 16.3. The summed E-state index contributed by atoms with van der Waals surface area (Å²) >= 11 is 0. The molecule has 0 saturated heterocycles. The van der Waals surface area contributed by atoms with Crippen molar-refractivity contribution in [2.24, 2.45) is 0 Å². The van der Waals surface area contributed by atoms with Gasteiger partial charge in [-0.25, -0.2) is 4.68 Å². The summed E-state index contributed by atoms with van der Waals surface area (Å²) in [6.07, 6.45) is 5.52. The van der Waals surface area contributed by atoms with Gasteiger partial charge >= 0.3 is 0 Å². The summed E-state index contributed by atoms with van der Waals surface area (Å²) < 4.78 is 1.81. The molecule has 78 valence electrons. The van der Waals surface area contributed by atoms with Gasteiger partial charge in [-0.05, 0) is 25.7 Å². The lowest BCUT2D eigenvalue weighted by Crippen LogP contribution is -2.35. The zero-order valence-corrected chi connectivity index (χ0v) is 8.53. The van der Waals surface area contributed by atoms with Crippen molar-refractivity contribution < 1.29 is 4.79 Å². The maximum Gasteiger partial charge on any atom is 0.295 e. The molecule has 1 fully saturated rings. The Morgan fingerprint density at radius 3 is 3.00 bits per heavy atom. The Hall–Kier alpha value is -1.83. The first kappa shape index (κ1) is 9.71. The standard InChI is InChI=1S/C10H12N4O/c1-2-3-9(15)11-8-10(4-5-10)14-7-6-12-13-14/h6-7H,4-5,8H2,1H3,(H,11,15). The van der Waals surface area contributed by atoms with Crippen molar-refractivity contribution in [3.63, 3.8) is 0 Å². The molecule has 1 aromatic heterocycles. The van der Waals surface area contributed by atoms with Gasteiger partial charge in [-0.2, -0.15) is 0 Å². The number of aromatic nitrogens is 3. The lowest BCUT2D eigenvalue weighted by atomic mass is 10.3. The first-order valence-corrected chi connectivity index (χ1v) is 4.84. The van der Waals surface area contributed by atoms with E-state index in [0.717, 1.165) is 12.8 Å². The van der Waals surface area contributed by atoms with E-state index in [2.05, 4.69) is 27.5 Å². The summed E-state index contributed by atoms with van der Waals surface area (Å²) in [7, 11) is 0. The van der Waals surface area contributed by atoms with Crippen LogP contribution < -0.4 is 5.32 Å². The van der Waals surface area contributed by atoms with Gasteiger partial charge in [-0.1, -0.05) is 11.1 Å². The summed E-state index contributed by atoms with van der Waals surface area (Å²) in [4.78, 5) is 11.2. The monoisotopic (exact) mass is 204 g/mol. The van der Waals surface area contributed by atoms with Gasteiger partial charge in [0.25, 0.3) is 5.91 Å². The van der Waals surface area contributed by atoms with E-state index in [4.69, 9.17) is 0 Å². The highest BCUT2D eigenvalue weighted by Crippen LogP contribution is 2.41. The Kier molecular flexibility index (Phi) is 2.42. The molecule has 2 rings (SSSR count).